The number of ether oxygens (including phenoxy) is 1. The number of sulfonamides is 1. The molecule has 0 fully saturated rings. The van der Waals surface area contributed by atoms with E-state index in [4.69, 9.17) is 9.15 Å². The van der Waals surface area contributed by atoms with Crippen molar-refractivity contribution in [1.29, 1.82) is 0 Å². The number of anilines is 1. The first-order valence-electron chi connectivity index (χ1n) is 7.94. The quantitative estimate of drug-likeness (QED) is 0.700. The average molecular weight is 373 g/mol. The number of hydrogen-bond donors (Lipinski definition) is 1. The number of rotatable bonds is 4. The van der Waals surface area contributed by atoms with Crippen LogP contribution in [0.25, 0.3) is 11.0 Å². The Balaban J connectivity index is 2.06. The fourth-order valence-electron chi connectivity index (χ4n) is 2.85. The van der Waals surface area contributed by atoms with E-state index in [1.807, 2.05) is 13.0 Å². The molecule has 26 heavy (non-hydrogen) atoms. The van der Waals surface area contributed by atoms with E-state index in [-0.39, 0.29) is 10.5 Å². The molecule has 7 heteroatoms. The molecule has 0 aliphatic rings. The van der Waals surface area contributed by atoms with Crippen molar-refractivity contribution in [3.63, 3.8) is 0 Å². The van der Waals surface area contributed by atoms with Gasteiger partial charge in [-0.1, -0.05) is 12.1 Å². The van der Waals surface area contributed by atoms with Gasteiger partial charge in [0.15, 0.2) is 0 Å². The van der Waals surface area contributed by atoms with Crippen molar-refractivity contribution in [1.82, 2.24) is 0 Å². The first kappa shape index (κ1) is 18.0. The van der Waals surface area contributed by atoms with Crippen molar-refractivity contribution < 1.29 is 22.4 Å². The van der Waals surface area contributed by atoms with Crippen molar-refractivity contribution in [2.45, 2.75) is 25.7 Å². The molecule has 136 valence electrons. The number of methoxy groups -OCH3 is 1. The Morgan fingerprint density at radius 2 is 1.81 bits per heavy atom. The largest absolute Gasteiger partial charge is 0.465 e. The monoisotopic (exact) mass is 373 g/mol. The normalized spacial score (nSPS) is 11.5. The van der Waals surface area contributed by atoms with Gasteiger partial charge in [0.2, 0.25) is 0 Å². The standard InChI is InChI=1S/C19H19NO5S/c1-11-5-6-12(2)17(9-11)26(22,23)20-14-7-8-16-15(10-14)18(13(3)25-16)19(21)24-4/h5-10,20H,1-4H3. The van der Waals surface area contributed by atoms with Crippen molar-refractivity contribution in [3.8, 4) is 0 Å². The molecule has 6 nitrogen and oxygen atoms in total. The minimum Gasteiger partial charge on any atom is -0.465 e. The lowest BCUT2D eigenvalue weighted by atomic mass is 10.1. The fourth-order valence-corrected chi connectivity index (χ4v) is 4.23. The van der Waals surface area contributed by atoms with E-state index in [0.29, 0.717) is 28.0 Å². The van der Waals surface area contributed by atoms with Crippen LogP contribution < -0.4 is 4.72 Å². The van der Waals surface area contributed by atoms with Crippen molar-refractivity contribution in [3.05, 3.63) is 58.8 Å². The molecular weight excluding hydrogens is 354 g/mol. The van der Waals surface area contributed by atoms with Gasteiger partial charge in [-0.3, -0.25) is 4.72 Å². The van der Waals surface area contributed by atoms with Gasteiger partial charge >= 0.3 is 5.97 Å². The molecule has 1 N–H and O–H groups in total. The molecule has 0 unspecified atom stereocenters. The molecule has 0 saturated carbocycles. The van der Waals surface area contributed by atoms with E-state index >= 15 is 0 Å². The Labute approximate surface area is 151 Å². The number of carbonyl (C=O) groups excluding carboxylic acids is 1. The Morgan fingerprint density at radius 1 is 1.08 bits per heavy atom. The maximum Gasteiger partial charge on any atom is 0.342 e. The lowest BCUT2D eigenvalue weighted by Crippen LogP contribution is -2.14. The summed E-state index contributed by atoms with van der Waals surface area (Å²) in [4.78, 5) is 12.2. The number of nitrogens with one attached hydrogen (secondary N) is 1. The number of furan rings is 1. The third kappa shape index (κ3) is 3.17. The molecular formula is C19H19NO5S. The highest BCUT2D eigenvalue weighted by Gasteiger charge is 2.21. The van der Waals surface area contributed by atoms with E-state index in [1.165, 1.54) is 7.11 Å². The van der Waals surface area contributed by atoms with Crippen molar-refractivity contribution in [2.75, 3.05) is 11.8 Å². The van der Waals surface area contributed by atoms with E-state index < -0.39 is 16.0 Å². The second-order valence-corrected chi connectivity index (χ2v) is 7.76. The van der Waals surface area contributed by atoms with Crippen LogP contribution in [0.5, 0.6) is 0 Å². The number of aryl methyl sites for hydroxylation is 3. The summed E-state index contributed by atoms with van der Waals surface area (Å²) in [7, 11) is -2.48. The molecule has 0 radical (unpaired) electrons. The van der Waals surface area contributed by atoms with E-state index in [9.17, 15) is 13.2 Å². The van der Waals surface area contributed by atoms with Crippen LogP contribution in [0.4, 0.5) is 5.69 Å². The van der Waals surface area contributed by atoms with Gasteiger partial charge in [-0.2, -0.15) is 0 Å². The van der Waals surface area contributed by atoms with Gasteiger partial charge < -0.3 is 9.15 Å². The summed E-state index contributed by atoms with van der Waals surface area (Å²) >= 11 is 0. The van der Waals surface area contributed by atoms with Crippen LogP contribution in [-0.4, -0.2) is 21.5 Å². The zero-order chi connectivity index (χ0) is 19.1. The van der Waals surface area contributed by atoms with Gasteiger partial charge in [0.05, 0.1) is 12.0 Å². The minimum atomic E-state index is -3.76. The number of benzene rings is 2. The molecule has 0 saturated heterocycles. The summed E-state index contributed by atoms with van der Waals surface area (Å²) in [5.41, 5.74) is 2.61. The highest BCUT2D eigenvalue weighted by molar-refractivity contribution is 7.92. The second-order valence-electron chi connectivity index (χ2n) is 6.11. The van der Waals surface area contributed by atoms with Gasteiger partial charge in [-0.05, 0) is 56.2 Å². The predicted octanol–water partition coefficient (Wildman–Crippen LogP) is 3.95. The maximum atomic E-state index is 12.8. The summed E-state index contributed by atoms with van der Waals surface area (Å²) in [6, 6.07) is 10.0. The SMILES string of the molecule is COC(=O)c1c(C)oc2ccc(NS(=O)(=O)c3cc(C)ccc3C)cc12. The van der Waals surface area contributed by atoms with Gasteiger partial charge in [0.1, 0.15) is 16.9 Å². The highest BCUT2D eigenvalue weighted by atomic mass is 32.2. The van der Waals surface area contributed by atoms with Crippen LogP contribution in [0, 0.1) is 20.8 Å². The lowest BCUT2D eigenvalue weighted by Gasteiger charge is -2.11. The zero-order valence-corrected chi connectivity index (χ0v) is 15.7. The fraction of sp³-hybridized carbons (Fsp3) is 0.211. The zero-order valence-electron chi connectivity index (χ0n) is 14.9. The van der Waals surface area contributed by atoms with E-state index in [0.717, 1.165) is 5.56 Å². The van der Waals surface area contributed by atoms with Gasteiger partial charge in [0.25, 0.3) is 10.0 Å². The topological polar surface area (TPSA) is 85.6 Å². The second kappa shape index (κ2) is 6.49. The molecule has 0 bridgehead atoms. The Morgan fingerprint density at radius 3 is 2.50 bits per heavy atom. The lowest BCUT2D eigenvalue weighted by molar-refractivity contribution is 0.0600. The molecule has 2 aromatic carbocycles. The summed E-state index contributed by atoms with van der Waals surface area (Å²) < 4.78 is 38.4. The Bertz CT molecular complexity index is 1110. The van der Waals surface area contributed by atoms with Crippen molar-refractivity contribution in [2.24, 2.45) is 0 Å². The maximum absolute atomic E-state index is 12.8. The third-order valence-electron chi connectivity index (χ3n) is 4.14. The average Bonchev–Trinajstić information content (AvgIpc) is 2.91. The number of fused-ring (bicyclic) bond motifs is 1. The number of hydrogen-bond acceptors (Lipinski definition) is 5. The predicted molar refractivity (Wildman–Crippen MR) is 99.0 cm³/mol. The molecule has 0 atom stereocenters. The molecule has 0 aliphatic carbocycles. The Kier molecular flexibility index (Phi) is 4.50. The molecule has 1 aromatic heterocycles. The van der Waals surface area contributed by atoms with Gasteiger partial charge in [0, 0.05) is 11.1 Å². The first-order valence-corrected chi connectivity index (χ1v) is 9.43. The summed E-state index contributed by atoms with van der Waals surface area (Å²) in [5, 5.41) is 0.496. The van der Waals surface area contributed by atoms with Crippen LogP contribution in [0.3, 0.4) is 0 Å². The van der Waals surface area contributed by atoms with Gasteiger partial charge in [-0.15, -0.1) is 0 Å². The van der Waals surface area contributed by atoms with Crippen LogP contribution in [0.15, 0.2) is 45.7 Å². The summed E-state index contributed by atoms with van der Waals surface area (Å²) in [5.74, 6) is -0.114. The highest BCUT2D eigenvalue weighted by Crippen LogP contribution is 2.30. The summed E-state index contributed by atoms with van der Waals surface area (Å²) in [6.07, 6.45) is 0. The molecule has 3 aromatic rings. The third-order valence-corrected chi connectivity index (χ3v) is 5.66. The molecule has 0 aliphatic heterocycles. The van der Waals surface area contributed by atoms with Crippen LogP contribution in [-0.2, 0) is 14.8 Å². The van der Waals surface area contributed by atoms with E-state index in [1.54, 1.807) is 44.2 Å². The molecule has 3 rings (SSSR count). The minimum absolute atomic E-state index is 0.217. The van der Waals surface area contributed by atoms with Crippen LogP contribution in [0.1, 0.15) is 27.2 Å². The Hall–Kier alpha value is -2.80. The molecule has 0 amide bonds. The van der Waals surface area contributed by atoms with Crippen LogP contribution in [0.2, 0.25) is 0 Å². The van der Waals surface area contributed by atoms with E-state index in [2.05, 4.69) is 4.72 Å². The first-order chi connectivity index (χ1) is 12.2. The summed E-state index contributed by atoms with van der Waals surface area (Å²) in [6.45, 7) is 5.24. The number of carbonyl (C=O) groups is 1. The number of esters is 1. The molecule has 1 heterocycles. The molecule has 0 spiro atoms. The van der Waals surface area contributed by atoms with Crippen LogP contribution >= 0.6 is 0 Å². The van der Waals surface area contributed by atoms with Crippen molar-refractivity contribution >= 4 is 32.6 Å². The smallest absolute Gasteiger partial charge is 0.342 e. The van der Waals surface area contributed by atoms with Gasteiger partial charge in [-0.25, -0.2) is 13.2 Å².